The van der Waals surface area contributed by atoms with Crippen molar-refractivity contribution in [3.63, 3.8) is 0 Å². The van der Waals surface area contributed by atoms with Crippen molar-refractivity contribution in [1.82, 2.24) is 10.2 Å². The topological polar surface area (TPSA) is 200 Å². The van der Waals surface area contributed by atoms with E-state index in [0.29, 0.717) is 11.1 Å². The van der Waals surface area contributed by atoms with Crippen LogP contribution in [-0.2, 0) is 32.1 Å². The van der Waals surface area contributed by atoms with E-state index >= 15 is 0 Å². The number of Topliss-reactive ketones (excluding diaryl/α,β-unsaturated/α-hetero) is 2. The summed E-state index contributed by atoms with van der Waals surface area (Å²) in [4.78, 5) is 52.8. The van der Waals surface area contributed by atoms with Gasteiger partial charge in [-0.3, -0.25) is 19.3 Å². The first-order valence-electron chi connectivity index (χ1n) is 12.9. The lowest BCUT2D eigenvalue weighted by Crippen LogP contribution is -2.65. The van der Waals surface area contributed by atoms with Gasteiger partial charge in [-0.25, -0.2) is 4.79 Å². The third-order valence-corrected chi connectivity index (χ3v) is 7.76. The van der Waals surface area contributed by atoms with Crippen LogP contribution in [0, 0.1) is 17.3 Å². The van der Waals surface area contributed by atoms with Crippen molar-refractivity contribution >= 4 is 29.3 Å². The molecule has 2 amide bonds. The lowest BCUT2D eigenvalue weighted by atomic mass is 9.57. The Morgan fingerprint density at radius 2 is 1.82 bits per heavy atom. The molecular formula is C28H35N3O9. The van der Waals surface area contributed by atoms with Crippen LogP contribution in [-0.4, -0.2) is 81.2 Å². The highest BCUT2D eigenvalue weighted by Crippen LogP contribution is 2.52. The molecule has 40 heavy (non-hydrogen) atoms. The number of likely N-dealkylation sites (N-methyl/N-ethyl adjacent to an activating group) is 1. The van der Waals surface area contributed by atoms with Gasteiger partial charge in [0.2, 0.25) is 5.78 Å². The largest absolute Gasteiger partial charge is 0.508 e. The summed E-state index contributed by atoms with van der Waals surface area (Å²) in [7, 11) is 3.07. The molecule has 0 aromatic heterocycles. The lowest BCUT2D eigenvalue weighted by Gasteiger charge is -2.50. The molecule has 4 rings (SSSR count). The fraction of sp³-hybridized carbons (Fsp3) is 0.500. The van der Waals surface area contributed by atoms with Gasteiger partial charge in [0.05, 0.1) is 18.2 Å². The van der Waals surface area contributed by atoms with Gasteiger partial charge in [-0.1, -0.05) is 26.8 Å². The van der Waals surface area contributed by atoms with Crippen LogP contribution in [0.25, 0.3) is 5.76 Å². The molecule has 0 aliphatic heterocycles. The van der Waals surface area contributed by atoms with Crippen LogP contribution in [0.2, 0.25) is 0 Å². The predicted octanol–water partition coefficient (Wildman–Crippen LogP) is 1.24. The molecule has 3 aliphatic rings. The molecule has 0 heterocycles. The minimum atomic E-state index is -2.70. The van der Waals surface area contributed by atoms with Gasteiger partial charge < -0.3 is 36.2 Å². The number of phenols is 1. The number of aliphatic hydroxyl groups excluding tert-OH is 2. The molecule has 12 nitrogen and oxygen atoms in total. The average molecular weight is 558 g/mol. The van der Waals surface area contributed by atoms with Crippen LogP contribution in [0.4, 0.5) is 4.79 Å². The maximum absolute atomic E-state index is 13.9. The fourth-order valence-electron chi connectivity index (χ4n) is 5.97. The molecule has 0 radical (unpaired) electrons. The Morgan fingerprint density at radius 3 is 2.40 bits per heavy atom. The van der Waals surface area contributed by atoms with Crippen LogP contribution >= 0.6 is 0 Å². The predicted molar refractivity (Wildman–Crippen MR) is 142 cm³/mol. The molecule has 0 bridgehead atoms. The molecule has 4 unspecified atom stereocenters. The summed E-state index contributed by atoms with van der Waals surface area (Å²) in [6.07, 6.45) is -0.549. The van der Waals surface area contributed by atoms with Crippen molar-refractivity contribution in [2.45, 2.75) is 51.8 Å². The Hall–Kier alpha value is -3.90. The van der Waals surface area contributed by atoms with E-state index in [4.69, 9.17) is 10.5 Å². The van der Waals surface area contributed by atoms with E-state index in [0.717, 1.165) is 0 Å². The van der Waals surface area contributed by atoms with E-state index < -0.39 is 64.1 Å². The molecule has 4 atom stereocenters. The van der Waals surface area contributed by atoms with Gasteiger partial charge in [0.15, 0.2) is 11.4 Å². The summed E-state index contributed by atoms with van der Waals surface area (Å²) >= 11 is 0. The molecule has 216 valence electrons. The summed E-state index contributed by atoms with van der Waals surface area (Å²) in [5, 5.41) is 47.1. The molecule has 0 spiro atoms. The molecular weight excluding hydrogens is 522 g/mol. The first-order valence-corrected chi connectivity index (χ1v) is 12.9. The zero-order valence-electron chi connectivity index (χ0n) is 23.1. The maximum atomic E-state index is 13.9. The van der Waals surface area contributed by atoms with Crippen LogP contribution in [0.1, 0.15) is 43.9 Å². The smallest absolute Gasteiger partial charge is 0.407 e. The van der Waals surface area contributed by atoms with Crippen molar-refractivity contribution in [3.05, 3.63) is 45.7 Å². The second-order valence-electron chi connectivity index (χ2n) is 12.0. The number of fused-ring (bicyclic) bond motifs is 3. The fourth-order valence-corrected chi connectivity index (χ4v) is 5.97. The number of nitrogens with two attached hydrogens (primary N) is 1. The number of ether oxygens (including phenoxy) is 1. The third-order valence-electron chi connectivity index (χ3n) is 7.76. The minimum Gasteiger partial charge on any atom is -0.508 e. The van der Waals surface area contributed by atoms with E-state index in [1.54, 1.807) is 6.07 Å². The number of aliphatic hydroxyl groups is 3. The van der Waals surface area contributed by atoms with Gasteiger partial charge in [0.25, 0.3) is 5.91 Å². The Morgan fingerprint density at radius 1 is 1.18 bits per heavy atom. The Labute approximate surface area is 231 Å². The van der Waals surface area contributed by atoms with Crippen LogP contribution in [0.3, 0.4) is 0 Å². The van der Waals surface area contributed by atoms with Crippen LogP contribution in [0.15, 0.2) is 29.0 Å². The number of rotatable bonds is 5. The number of hydrogen-bond donors (Lipinski definition) is 6. The number of benzene rings is 1. The number of primary amides is 1. The highest BCUT2D eigenvalue weighted by atomic mass is 16.5. The molecule has 1 aromatic carbocycles. The van der Waals surface area contributed by atoms with Crippen molar-refractivity contribution in [2.24, 2.45) is 23.0 Å². The number of alkyl carbamates (subject to hydrolysis) is 1. The number of carbonyl (C=O) groups excluding carboxylic acids is 4. The lowest BCUT2D eigenvalue weighted by molar-refractivity contribution is -0.153. The Bertz CT molecular complexity index is 1370. The van der Waals surface area contributed by atoms with Gasteiger partial charge in [-0.15, -0.1) is 0 Å². The highest BCUT2D eigenvalue weighted by Gasteiger charge is 2.64. The molecule has 12 heteroatoms. The summed E-state index contributed by atoms with van der Waals surface area (Å²) in [6, 6.07) is 1.72. The maximum Gasteiger partial charge on any atom is 0.407 e. The van der Waals surface area contributed by atoms with Gasteiger partial charge in [-0.05, 0) is 55.5 Å². The minimum absolute atomic E-state index is 0.00649. The summed E-state index contributed by atoms with van der Waals surface area (Å²) < 4.78 is 5.24. The van der Waals surface area contributed by atoms with Gasteiger partial charge >= 0.3 is 6.09 Å². The number of ketones is 2. The van der Waals surface area contributed by atoms with Crippen LogP contribution < -0.4 is 11.1 Å². The number of carbonyl (C=O) groups is 4. The first-order chi connectivity index (χ1) is 18.5. The standard InChI is InChI=1S/C28H35N3O9/c1-27(2,3)11-40-26(38)30-10-12-6-7-16(32)18-14(12)8-13-9-15-20(31(4)5)22(34)19(25(29)37)24(36)28(15,39)23(35)17(13)21(18)33/h6-7,13,15,20,32-33,36,39H,8-11H2,1-5H3,(H2,29,37)(H,30,38). The zero-order chi connectivity index (χ0) is 29.9. The first kappa shape index (κ1) is 29.1. The summed E-state index contributed by atoms with van der Waals surface area (Å²) in [5.41, 5.74) is 2.29. The molecule has 1 fully saturated rings. The molecule has 3 aliphatic carbocycles. The van der Waals surface area contributed by atoms with E-state index in [1.807, 2.05) is 20.8 Å². The van der Waals surface area contributed by atoms with Crippen molar-refractivity contribution < 1.29 is 44.3 Å². The highest BCUT2D eigenvalue weighted by molar-refractivity contribution is 6.24. The number of aromatic hydroxyl groups is 1. The van der Waals surface area contributed by atoms with E-state index in [-0.39, 0.29) is 48.3 Å². The monoisotopic (exact) mass is 557 g/mol. The SMILES string of the molecule is CN(C)C1C(=O)C(C(N)=O)=C(O)C2(O)C(=O)C3=C(O)c4c(O)ccc(CNC(=O)OCC(C)(C)C)c4CC3CC12. The second-order valence-corrected chi connectivity index (χ2v) is 12.0. The molecule has 1 aromatic rings. The normalized spacial score (nSPS) is 26.3. The Kier molecular flexibility index (Phi) is 7.22. The molecule has 1 saturated carbocycles. The van der Waals surface area contributed by atoms with E-state index in [2.05, 4.69) is 5.32 Å². The van der Waals surface area contributed by atoms with Gasteiger partial charge in [0.1, 0.15) is 22.8 Å². The van der Waals surface area contributed by atoms with E-state index in [1.165, 1.54) is 25.1 Å². The molecule has 7 N–H and O–H groups in total. The molecule has 0 saturated heterocycles. The van der Waals surface area contributed by atoms with Crippen molar-refractivity contribution in [3.8, 4) is 5.75 Å². The number of hydrogen-bond acceptors (Lipinski definition) is 10. The van der Waals surface area contributed by atoms with Gasteiger partial charge in [-0.2, -0.15) is 0 Å². The van der Waals surface area contributed by atoms with Crippen molar-refractivity contribution in [2.75, 3.05) is 20.7 Å². The van der Waals surface area contributed by atoms with Crippen LogP contribution in [0.5, 0.6) is 5.75 Å². The van der Waals surface area contributed by atoms with Crippen molar-refractivity contribution in [1.29, 1.82) is 0 Å². The second kappa shape index (κ2) is 9.93. The summed E-state index contributed by atoms with van der Waals surface area (Å²) in [6.45, 7) is 5.95. The quantitative estimate of drug-likeness (QED) is 0.286. The van der Waals surface area contributed by atoms with Gasteiger partial charge in [0, 0.05) is 18.0 Å². The number of nitrogens with zero attached hydrogens (tertiary/aromatic N) is 1. The van der Waals surface area contributed by atoms with E-state index in [9.17, 15) is 39.6 Å². The summed E-state index contributed by atoms with van der Waals surface area (Å²) in [5.74, 6) is -7.14. The Balaban J connectivity index is 1.77. The number of phenolic OH excluding ortho intramolecular Hbond substituents is 1. The number of amides is 2. The zero-order valence-corrected chi connectivity index (χ0v) is 23.1. The number of nitrogens with one attached hydrogen (secondary N) is 1. The third kappa shape index (κ3) is 4.60. The average Bonchev–Trinajstić information content (AvgIpc) is 2.83.